The molecule has 0 radical (unpaired) electrons. The Morgan fingerprint density at radius 2 is 2.00 bits per heavy atom. The number of rotatable bonds is 6. The van der Waals surface area contributed by atoms with E-state index in [1.165, 1.54) is 7.11 Å². The number of methoxy groups -OCH3 is 1. The Balaban J connectivity index is 2.04. The van der Waals surface area contributed by atoms with E-state index in [-0.39, 0.29) is 5.91 Å². The molecule has 1 aliphatic carbocycles. The zero-order chi connectivity index (χ0) is 14.6. The first-order valence-electron chi connectivity index (χ1n) is 6.74. The first-order chi connectivity index (χ1) is 9.61. The Morgan fingerprint density at radius 3 is 2.50 bits per heavy atom. The lowest BCUT2D eigenvalue weighted by molar-refractivity contribution is -0.145. The predicted molar refractivity (Wildman–Crippen MR) is 74.8 cm³/mol. The maximum Gasteiger partial charge on any atom is 0.328 e. The molecular formula is C15H20N2O3. The fraction of sp³-hybridized carbons (Fsp3) is 0.467. The molecule has 5 heteroatoms. The van der Waals surface area contributed by atoms with Gasteiger partial charge >= 0.3 is 5.97 Å². The lowest BCUT2D eigenvalue weighted by Gasteiger charge is -2.20. The molecule has 108 valence electrons. The topological polar surface area (TPSA) is 81.4 Å². The van der Waals surface area contributed by atoms with E-state index >= 15 is 0 Å². The Kier molecular flexibility index (Phi) is 4.39. The zero-order valence-electron chi connectivity index (χ0n) is 11.6. The highest BCUT2D eigenvalue weighted by Crippen LogP contribution is 2.44. The number of benzene rings is 1. The third kappa shape index (κ3) is 3.17. The summed E-state index contributed by atoms with van der Waals surface area (Å²) in [6, 6.07) is 8.86. The zero-order valence-corrected chi connectivity index (χ0v) is 11.6. The van der Waals surface area contributed by atoms with Gasteiger partial charge in [-0.3, -0.25) is 4.79 Å². The van der Waals surface area contributed by atoms with Crippen LogP contribution < -0.4 is 11.1 Å². The second-order valence-corrected chi connectivity index (χ2v) is 5.22. The van der Waals surface area contributed by atoms with Crippen molar-refractivity contribution in [2.45, 2.75) is 25.3 Å². The Labute approximate surface area is 118 Å². The predicted octanol–water partition coefficient (Wildman–Crippen LogP) is 0.626. The summed E-state index contributed by atoms with van der Waals surface area (Å²) in [6.45, 7) is 0.318. The average Bonchev–Trinajstić information content (AvgIpc) is 3.28. The summed E-state index contributed by atoms with van der Waals surface area (Å²) in [5.41, 5.74) is 6.13. The number of carbonyl (C=O) groups excluding carboxylic acids is 2. The van der Waals surface area contributed by atoms with Crippen LogP contribution in [0.2, 0.25) is 0 Å². The van der Waals surface area contributed by atoms with E-state index in [0.29, 0.717) is 13.0 Å². The van der Waals surface area contributed by atoms with Gasteiger partial charge < -0.3 is 15.8 Å². The van der Waals surface area contributed by atoms with E-state index in [1.807, 2.05) is 30.3 Å². The number of amides is 1. The summed E-state index contributed by atoms with van der Waals surface area (Å²) >= 11 is 0. The van der Waals surface area contributed by atoms with Gasteiger partial charge in [-0.05, 0) is 18.4 Å². The van der Waals surface area contributed by atoms with Gasteiger partial charge in [-0.15, -0.1) is 0 Å². The SMILES string of the molecule is COC(=O)C(Cc1ccccc1)NC(=O)C1(CN)CC1. The first-order valence-corrected chi connectivity index (χ1v) is 6.74. The molecule has 5 nitrogen and oxygen atoms in total. The van der Waals surface area contributed by atoms with Crippen LogP contribution in [0.5, 0.6) is 0 Å². The monoisotopic (exact) mass is 276 g/mol. The van der Waals surface area contributed by atoms with Crippen LogP contribution in [0.3, 0.4) is 0 Å². The van der Waals surface area contributed by atoms with Crippen molar-refractivity contribution < 1.29 is 14.3 Å². The summed E-state index contributed by atoms with van der Waals surface area (Å²) < 4.78 is 4.77. The van der Waals surface area contributed by atoms with Gasteiger partial charge in [0, 0.05) is 13.0 Å². The molecule has 0 aliphatic heterocycles. The molecule has 1 aliphatic rings. The van der Waals surface area contributed by atoms with E-state index in [1.54, 1.807) is 0 Å². The minimum atomic E-state index is -0.668. The van der Waals surface area contributed by atoms with Crippen LogP contribution in [-0.4, -0.2) is 31.6 Å². The second kappa shape index (κ2) is 6.05. The van der Waals surface area contributed by atoms with Crippen molar-refractivity contribution in [1.29, 1.82) is 0 Å². The van der Waals surface area contributed by atoms with Crippen molar-refractivity contribution in [2.24, 2.45) is 11.1 Å². The Bertz CT molecular complexity index is 483. The van der Waals surface area contributed by atoms with E-state index in [0.717, 1.165) is 18.4 Å². The number of nitrogens with two attached hydrogens (primary N) is 1. The summed E-state index contributed by atoms with van der Waals surface area (Å²) in [5, 5.41) is 2.78. The van der Waals surface area contributed by atoms with Crippen molar-refractivity contribution in [3.05, 3.63) is 35.9 Å². The molecule has 2 rings (SSSR count). The molecule has 3 N–H and O–H groups in total. The summed E-state index contributed by atoms with van der Waals surface area (Å²) in [5.74, 6) is -0.582. The van der Waals surface area contributed by atoms with E-state index < -0.39 is 17.4 Å². The number of hydrogen-bond donors (Lipinski definition) is 2. The highest BCUT2D eigenvalue weighted by molar-refractivity contribution is 5.90. The largest absolute Gasteiger partial charge is 0.467 e. The number of nitrogens with one attached hydrogen (secondary N) is 1. The smallest absolute Gasteiger partial charge is 0.328 e. The third-order valence-corrected chi connectivity index (χ3v) is 3.80. The third-order valence-electron chi connectivity index (χ3n) is 3.80. The van der Waals surface area contributed by atoms with Crippen molar-refractivity contribution in [3.8, 4) is 0 Å². The van der Waals surface area contributed by atoms with E-state index in [9.17, 15) is 9.59 Å². The van der Waals surface area contributed by atoms with Crippen LogP contribution in [0.1, 0.15) is 18.4 Å². The number of hydrogen-bond acceptors (Lipinski definition) is 4. The molecule has 1 aromatic carbocycles. The molecule has 0 saturated heterocycles. The summed E-state index contributed by atoms with van der Waals surface area (Å²) in [7, 11) is 1.32. The van der Waals surface area contributed by atoms with Crippen LogP contribution in [0.4, 0.5) is 0 Å². The standard InChI is InChI=1S/C15H20N2O3/c1-20-13(18)12(9-11-5-3-2-4-6-11)17-14(19)15(10-16)7-8-15/h2-6,12H,7-10,16H2,1H3,(H,17,19). The van der Waals surface area contributed by atoms with Crippen LogP contribution in [-0.2, 0) is 20.7 Å². The van der Waals surface area contributed by atoms with Gasteiger partial charge in [0.1, 0.15) is 6.04 Å². The van der Waals surface area contributed by atoms with Gasteiger partial charge in [-0.1, -0.05) is 30.3 Å². The van der Waals surface area contributed by atoms with Gasteiger partial charge in [0.05, 0.1) is 12.5 Å². The molecule has 1 amide bonds. The van der Waals surface area contributed by atoms with Crippen molar-refractivity contribution in [1.82, 2.24) is 5.32 Å². The lowest BCUT2D eigenvalue weighted by atomic mass is 10.0. The van der Waals surface area contributed by atoms with Crippen molar-refractivity contribution in [2.75, 3.05) is 13.7 Å². The van der Waals surface area contributed by atoms with Gasteiger partial charge in [0.2, 0.25) is 5.91 Å². The number of carbonyl (C=O) groups is 2. The summed E-state index contributed by atoms with van der Waals surface area (Å²) in [4.78, 5) is 24.0. The Morgan fingerprint density at radius 1 is 1.35 bits per heavy atom. The molecule has 0 aromatic heterocycles. The van der Waals surface area contributed by atoms with Crippen LogP contribution in [0, 0.1) is 5.41 Å². The van der Waals surface area contributed by atoms with Crippen LogP contribution >= 0.6 is 0 Å². The van der Waals surface area contributed by atoms with Gasteiger partial charge in [0.15, 0.2) is 0 Å². The molecule has 1 saturated carbocycles. The fourth-order valence-corrected chi connectivity index (χ4v) is 2.17. The fourth-order valence-electron chi connectivity index (χ4n) is 2.17. The normalized spacial score (nSPS) is 17.1. The van der Waals surface area contributed by atoms with E-state index in [2.05, 4.69) is 5.32 Å². The average molecular weight is 276 g/mol. The molecule has 0 spiro atoms. The number of esters is 1. The quantitative estimate of drug-likeness (QED) is 0.747. The molecule has 1 atom stereocenters. The molecule has 1 aromatic rings. The highest BCUT2D eigenvalue weighted by Gasteiger charge is 2.49. The van der Waals surface area contributed by atoms with Gasteiger partial charge in [0.25, 0.3) is 0 Å². The van der Waals surface area contributed by atoms with Crippen LogP contribution in [0.15, 0.2) is 30.3 Å². The molecule has 0 bridgehead atoms. The minimum Gasteiger partial charge on any atom is -0.467 e. The molecule has 0 heterocycles. The molecular weight excluding hydrogens is 256 g/mol. The highest BCUT2D eigenvalue weighted by atomic mass is 16.5. The maximum absolute atomic E-state index is 12.2. The Hall–Kier alpha value is -1.88. The molecule has 1 fully saturated rings. The first kappa shape index (κ1) is 14.5. The van der Waals surface area contributed by atoms with Crippen molar-refractivity contribution >= 4 is 11.9 Å². The van der Waals surface area contributed by atoms with Gasteiger partial charge in [-0.2, -0.15) is 0 Å². The molecule has 1 unspecified atom stereocenters. The van der Waals surface area contributed by atoms with Gasteiger partial charge in [-0.25, -0.2) is 4.79 Å². The molecule has 20 heavy (non-hydrogen) atoms. The maximum atomic E-state index is 12.2. The van der Waals surface area contributed by atoms with E-state index in [4.69, 9.17) is 10.5 Å². The van der Waals surface area contributed by atoms with Crippen molar-refractivity contribution in [3.63, 3.8) is 0 Å². The lowest BCUT2D eigenvalue weighted by Crippen LogP contribution is -2.47. The number of ether oxygens (including phenoxy) is 1. The second-order valence-electron chi connectivity index (χ2n) is 5.22. The summed E-state index contributed by atoms with van der Waals surface area (Å²) in [6.07, 6.45) is 1.99. The minimum absolute atomic E-state index is 0.147. The van der Waals surface area contributed by atoms with Crippen LogP contribution in [0.25, 0.3) is 0 Å².